The lowest BCUT2D eigenvalue weighted by molar-refractivity contribution is -0.384. The number of fused-ring (bicyclic) bond motifs is 1. The number of nitro groups is 1. The van der Waals surface area contributed by atoms with Crippen LogP contribution < -0.4 is 14.8 Å². The quantitative estimate of drug-likeness (QED) is 0.683. The fraction of sp³-hybridized carbons (Fsp3) is 0.278. The number of anilines is 1. The summed E-state index contributed by atoms with van der Waals surface area (Å²) in [4.78, 5) is 22.7. The largest absolute Gasteiger partial charge is 0.489 e. The van der Waals surface area contributed by atoms with Gasteiger partial charge in [-0.1, -0.05) is 6.07 Å². The molecule has 1 fully saturated rings. The molecular weight excluding hydrogens is 324 g/mol. The SMILES string of the molecule is O=C(Nc1cccc([N+](=O)[O-])c1)c1ccc2c(c1)OCC1(CC1)CO2. The van der Waals surface area contributed by atoms with Crippen LogP contribution in [0.4, 0.5) is 11.4 Å². The van der Waals surface area contributed by atoms with Gasteiger partial charge in [-0.05, 0) is 37.1 Å². The molecule has 7 nitrogen and oxygen atoms in total. The molecule has 0 bridgehead atoms. The van der Waals surface area contributed by atoms with Gasteiger partial charge in [0, 0.05) is 28.8 Å². The van der Waals surface area contributed by atoms with Crippen LogP contribution in [0.5, 0.6) is 11.5 Å². The lowest BCUT2D eigenvalue weighted by Gasteiger charge is -2.10. The van der Waals surface area contributed by atoms with Crippen molar-refractivity contribution in [3.05, 3.63) is 58.1 Å². The number of benzene rings is 2. The van der Waals surface area contributed by atoms with Gasteiger partial charge in [-0.3, -0.25) is 14.9 Å². The molecule has 7 heteroatoms. The normalized spacial score (nSPS) is 16.8. The van der Waals surface area contributed by atoms with Crippen molar-refractivity contribution < 1.29 is 19.2 Å². The summed E-state index contributed by atoms with van der Waals surface area (Å²) in [5.74, 6) is 0.823. The molecule has 1 heterocycles. The highest BCUT2D eigenvalue weighted by Gasteiger charge is 2.46. The average molecular weight is 340 g/mol. The van der Waals surface area contributed by atoms with Crippen molar-refractivity contribution in [2.24, 2.45) is 5.41 Å². The number of amides is 1. The molecule has 1 N–H and O–H groups in total. The second-order valence-electron chi connectivity index (χ2n) is 6.50. The maximum absolute atomic E-state index is 12.4. The summed E-state index contributed by atoms with van der Waals surface area (Å²) in [5, 5.41) is 13.5. The number of hydrogen-bond acceptors (Lipinski definition) is 5. The fourth-order valence-corrected chi connectivity index (χ4v) is 2.75. The molecule has 128 valence electrons. The monoisotopic (exact) mass is 340 g/mol. The highest BCUT2D eigenvalue weighted by atomic mass is 16.6. The molecule has 2 aromatic rings. The van der Waals surface area contributed by atoms with Gasteiger partial charge in [0.05, 0.1) is 18.1 Å². The molecule has 0 saturated heterocycles. The minimum absolute atomic E-state index is 0.0776. The van der Waals surface area contributed by atoms with Gasteiger partial charge < -0.3 is 14.8 Å². The number of non-ortho nitro benzene ring substituents is 1. The van der Waals surface area contributed by atoms with Gasteiger partial charge in [0.2, 0.25) is 0 Å². The van der Waals surface area contributed by atoms with E-state index in [1.807, 2.05) is 0 Å². The fourth-order valence-electron chi connectivity index (χ4n) is 2.75. The van der Waals surface area contributed by atoms with Crippen molar-refractivity contribution in [1.29, 1.82) is 0 Å². The van der Waals surface area contributed by atoms with Crippen LogP contribution in [-0.2, 0) is 0 Å². The summed E-state index contributed by atoms with van der Waals surface area (Å²) in [7, 11) is 0. The molecule has 1 amide bonds. The summed E-state index contributed by atoms with van der Waals surface area (Å²) in [6.07, 6.45) is 2.20. The molecule has 2 aromatic carbocycles. The van der Waals surface area contributed by atoms with Gasteiger partial charge in [-0.2, -0.15) is 0 Å². The third-order valence-electron chi connectivity index (χ3n) is 4.55. The lowest BCUT2D eigenvalue weighted by Crippen LogP contribution is -2.17. The average Bonchev–Trinajstić information content (AvgIpc) is 3.41. The van der Waals surface area contributed by atoms with Crippen molar-refractivity contribution in [2.75, 3.05) is 18.5 Å². The van der Waals surface area contributed by atoms with Crippen molar-refractivity contribution in [3.8, 4) is 11.5 Å². The number of carbonyl (C=O) groups excluding carboxylic acids is 1. The Bertz CT molecular complexity index is 860. The Balaban J connectivity index is 1.52. The Morgan fingerprint density at radius 3 is 2.56 bits per heavy atom. The van der Waals surface area contributed by atoms with Gasteiger partial charge in [0.15, 0.2) is 11.5 Å². The highest BCUT2D eigenvalue weighted by molar-refractivity contribution is 6.04. The molecule has 0 aromatic heterocycles. The Morgan fingerprint density at radius 1 is 1.08 bits per heavy atom. The van der Waals surface area contributed by atoms with Crippen LogP contribution in [0.1, 0.15) is 23.2 Å². The van der Waals surface area contributed by atoms with E-state index in [4.69, 9.17) is 9.47 Å². The summed E-state index contributed by atoms with van der Waals surface area (Å²) in [6, 6.07) is 10.8. The van der Waals surface area contributed by atoms with E-state index in [0.29, 0.717) is 36.0 Å². The van der Waals surface area contributed by atoms with Gasteiger partial charge in [-0.15, -0.1) is 0 Å². The van der Waals surface area contributed by atoms with Gasteiger partial charge in [-0.25, -0.2) is 0 Å². The minimum atomic E-state index is -0.503. The highest BCUT2D eigenvalue weighted by Crippen LogP contribution is 2.49. The molecule has 1 saturated carbocycles. The van der Waals surface area contributed by atoms with Crippen molar-refractivity contribution in [3.63, 3.8) is 0 Å². The maximum Gasteiger partial charge on any atom is 0.271 e. The molecule has 4 rings (SSSR count). The second kappa shape index (κ2) is 5.77. The molecular formula is C18H16N2O5. The smallest absolute Gasteiger partial charge is 0.271 e. The molecule has 2 aliphatic rings. The van der Waals surface area contributed by atoms with Crippen LogP contribution in [0, 0.1) is 15.5 Å². The Labute approximate surface area is 143 Å². The Morgan fingerprint density at radius 2 is 1.84 bits per heavy atom. The van der Waals surface area contributed by atoms with E-state index >= 15 is 0 Å². The lowest BCUT2D eigenvalue weighted by atomic mass is 10.1. The summed E-state index contributed by atoms with van der Waals surface area (Å²) in [6.45, 7) is 1.23. The number of nitro benzene ring substituents is 1. The number of hydrogen-bond donors (Lipinski definition) is 1. The van der Waals surface area contributed by atoms with Crippen LogP contribution in [0.3, 0.4) is 0 Å². The van der Waals surface area contributed by atoms with Crippen LogP contribution in [0.15, 0.2) is 42.5 Å². The van der Waals surface area contributed by atoms with Crippen LogP contribution in [-0.4, -0.2) is 24.0 Å². The molecule has 1 aliphatic carbocycles. The zero-order chi connectivity index (χ0) is 17.4. The van der Waals surface area contributed by atoms with E-state index < -0.39 is 4.92 Å². The zero-order valence-corrected chi connectivity index (χ0v) is 13.4. The third kappa shape index (κ3) is 3.13. The van der Waals surface area contributed by atoms with E-state index in [1.54, 1.807) is 24.3 Å². The predicted molar refractivity (Wildman–Crippen MR) is 90.1 cm³/mol. The molecule has 1 spiro atoms. The summed E-state index contributed by atoms with van der Waals surface area (Å²) < 4.78 is 11.6. The van der Waals surface area contributed by atoms with Gasteiger partial charge >= 0.3 is 0 Å². The first-order valence-electron chi connectivity index (χ1n) is 8.00. The van der Waals surface area contributed by atoms with E-state index in [0.717, 1.165) is 12.8 Å². The zero-order valence-electron chi connectivity index (χ0n) is 13.4. The molecule has 1 aliphatic heterocycles. The van der Waals surface area contributed by atoms with Crippen LogP contribution in [0.25, 0.3) is 0 Å². The van der Waals surface area contributed by atoms with Crippen LogP contribution >= 0.6 is 0 Å². The summed E-state index contributed by atoms with van der Waals surface area (Å²) >= 11 is 0. The first-order chi connectivity index (χ1) is 12.0. The Kier molecular flexibility index (Phi) is 3.56. The van der Waals surface area contributed by atoms with Crippen molar-refractivity contribution >= 4 is 17.3 Å². The van der Waals surface area contributed by atoms with Crippen molar-refractivity contribution in [2.45, 2.75) is 12.8 Å². The number of carbonyl (C=O) groups is 1. The predicted octanol–water partition coefficient (Wildman–Crippen LogP) is 3.40. The number of rotatable bonds is 3. The number of nitrogens with zero attached hydrogens (tertiary/aromatic N) is 1. The molecule has 25 heavy (non-hydrogen) atoms. The van der Waals surface area contributed by atoms with Gasteiger partial charge in [0.1, 0.15) is 0 Å². The van der Waals surface area contributed by atoms with Crippen LogP contribution in [0.2, 0.25) is 0 Å². The van der Waals surface area contributed by atoms with Crippen molar-refractivity contribution in [1.82, 2.24) is 0 Å². The standard InChI is InChI=1S/C18H16N2O5/c21-17(19-13-2-1-3-14(9-13)20(22)23)12-4-5-15-16(8-12)25-11-18(6-7-18)10-24-15/h1-5,8-9H,6-7,10-11H2,(H,19,21). The van der Waals surface area contributed by atoms with E-state index in [1.165, 1.54) is 18.2 Å². The maximum atomic E-state index is 12.4. The van der Waals surface area contributed by atoms with E-state index in [9.17, 15) is 14.9 Å². The minimum Gasteiger partial charge on any atom is -0.489 e. The number of ether oxygens (including phenoxy) is 2. The number of nitrogens with one attached hydrogen (secondary N) is 1. The first kappa shape index (κ1) is 15.4. The first-order valence-corrected chi connectivity index (χ1v) is 8.00. The third-order valence-corrected chi connectivity index (χ3v) is 4.55. The topological polar surface area (TPSA) is 90.7 Å². The van der Waals surface area contributed by atoms with E-state index in [2.05, 4.69) is 5.32 Å². The Hall–Kier alpha value is -3.09. The molecule has 0 unspecified atom stereocenters. The van der Waals surface area contributed by atoms with E-state index in [-0.39, 0.29) is 17.0 Å². The second-order valence-corrected chi connectivity index (χ2v) is 6.50. The van der Waals surface area contributed by atoms with Gasteiger partial charge in [0.25, 0.3) is 11.6 Å². The summed E-state index contributed by atoms with van der Waals surface area (Å²) in [5.41, 5.74) is 0.819. The molecule has 0 atom stereocenters. The molecule has 0 radical (unpaired) electrons.